The molecule has 0 aliphatic carbocycles. The molecule has 0 bridgehead atoms. The SMILES string of the molecule is O=S(=O)(Nc1nc2ccccc2nc1OC(c1cnccc1F)C1CCOCC1)c1ccccc1Cl. The molecule has 0 spiro atoms. The molecule has 0 radical (unpaired) electrons. The van der Waals surface area contributed by atoms with E-state index in [-0.39, 0.29) is 33.1 Å². The average molecular weight is 529 g/mol. The van der Waals surface area contributed by atoms with Gasteiger partial charge in [-0.05, 0) is 43.2 Å². The van der Waals surface area contributed by atoms with Crippen LogP contribution in [0.2, 0.25) is 5.02 Å². The summed E-state index contributed by atoms with van der Waals surface area (Å²) >= 11 is 6.15. The van der Waals surface area contributed by atoms with Crippen molar-refractivity contribution in [2.75, 3.05) is 17.9 Å². The van der Waals surface area contributed by atoms with Crippen molar-refractivity contribution in [2.24, 2.45) is 5.92 Å². The fourth-order valence-corrected chi connectivity index (χ4v) is 5.65. The number of hydrogen-bond acceptors (Lipinski definition) is 7. The van der Waals surface area contributed by atoms with Crippen molar-refractivity contribution >= 4 is 38.5 Å². The zero-order valence-electron chi connectivity index (χ0n) is 19.0. The largest absolute Gasteiger partial charge is 0.466 e. The Bertz CT molecular complexity index is 1500. The van der Waals surface area contributed by atoms with Crippen molar-refractivity contribution in [3.05, 3.63) is 83.4 Å². The minimum atomic E-state index is -4.14. The maximum Gasteiger partial charge on any atom is 0.264 e. The highest BCUT2D eigenvalue weighted by molar-refractivity contribution is 7.92. The van der Waals surface area contributed by atoms with E-state index in [1.54, 1.807) is 36.4 Å². The van der Waals surface area contributed by atoms with Crippen LogP contribution in [0, 0.1) is 11.7 Å². The number of rotatable bonds is 7. The Hall–Kier alpha value is -3.34. The van der Waals surface area contributed by atoms with E-state index >= 15 is 0 Å². The van der Waals surface area contributed by atoms with Gasteiger partial charge in [-0.3, -0.25) is 9.71 Å². The summed E-state index contributed by atoms with van der Waals surface area (Å²) in [6.45, 7) is 1.00. The number of ether oxygens (including phenoxy) is 2. The lowest BCUT2D eigenvalue weighted by molar-refractivity contribution is 0.0147. The summed E-state index contributed by atoms with van der Waals surface area (Å²) in [6.07, 6.45) is 3.24. The number of sulfonamides is 1. The van der Waals surface area contributed by atoms with E-state index in [9.17, 15) is 12.8 Å². The standard InChI is InChI=1S/C25H22ClFN4O4S/c26-18-5-1-4-8-22(18)36(32,33)31-24-25(30-21-7-3-2-6-20(21)29-24)35-23(16-10-13-34-14-11-16)17-15-28-12-9-19(17)27/h1-9,12,15-16,23H,10-11,13-14H2,(H,29,31). The van der Waals surface area contributed by atoms with Crippen LogP contribution in [0.4, 0.5) is 10.2 Å². The van der Waals surface area contributed by atoms with Crippen molar-refractivity contribution < 1.29 is 22.3 Å². The topological polar surface area (TPSA) is 103 Å². The lowest BCUT2D eigenvalue weighted by atomic mass is 9.89. The van der Waals surface area contributed by atoms with Gasteiger partial charge < -0.3 is 9.47 Å². The predicted octanol–water partition coefficient (Wildman–Crippen LogP) is 5.16. The van der Waals surface area contributed by atoms with Crippen LogP contribution in [0.5, 0.6) is 5.88 Å². The van der Waals surface area contributed by atoms with Crippen LogP contribution in [-0.2, 0) is 14.8 Å². The molecule has 8 nitrogen and oxygen atoms in total. The fraction of sp³-hybridized carbons (Fsp3) is 0.240. The summed E-state index contributed by atoms with van der Waals surface area (Å²) in [4.78, 5) is 13.0. The molecule has 1 atom stereocenters. The van der Waals surface area contributed by atoms with E-state index < -0.39 is 21.9 Å². The molecule has 1 N–H and O–H groups in total. The molecule has 1 saturated heterocycles. The first-order valence-electron chi connectivity index (χ1n) is 11.3. The second-order valence-electron chi connectivity index (χ2n) is 8.29. The van der Waals surface area contributed by atoms with Crippen LogP contribution >= 0.6 is 11.6 Å². The Morgan fingerprint density at radius 2 is 1.72 bits per heavy atom. The van der Waals surface area contributed by atoms with Crippen LogP contribution < -0.4 is 9.46 Å². The van der Waals surface area contributed by atoms with Gasteiger partial charge >= 0.3 is 0 Å². The number of hydrogen-bond donors (Lipinski definition) is 1. The van der Waals surface area contributed by atoms with Gasteiger partial charge in [0.15, 0.2) is 0 Å². The summed E-state index contributed by atoms with van der Waals surface area (Å²) in [5.74, 6) is -0.800. The van der Waals surface area contributed by atoms with Crippen LogP contribution in [0.15, 0.2) is 71.9 Å². The number of aromatic nitrogens is 3. The minimum absolute atomic E-state index is 0.0544. The van der Waals surface area contributed by atoms with Gasteiger partial charge in [0, 0.05) is 37.1 Å². The minimum Gasteiger partial charge on any atom is -0.466 e. The molecule has 4 aromatic rings. The molecule has 36 heavy (non-hydrogen) atoms. The number of halogens is 2. The third kappa shape index (κ3) is 5.11. The lowest BCUT2D eigenvalue weighted by Crippen LogP contribution is -2.27. The molecule has 0 amide bonds. The monoisotopic (exact) mass is 528 g/mol. The highest BCUT2D eigenvalue weighted by atomic mass is 35.5. The molecule has 1 aliphatic heterocycles. The second kappa shape index (κ2) is 10.3. The van der Waals surface area contributed by atoms with Crippen molar-refractivity contribution in [2.45, 2.75) is 23.8 Å². The molecule has 11 heteroatoms. The van der Waals surface area contributed by atoms with E-state index in [0.717, 1.165) is 0 Å². The Labute approximate surface area is 212 Å². The number of anilines is 1. The summed E-state index contributed by atoms with van der Waals surface area (Å²) in [7, 11) is -4.14. The molecule has 1 fully saturated rings. The number of benzene rings is 2. The molecule has 3 heterocycles. The maximum atomic E-state index is 14.9. The number of para-hydroxylation sites is 2. The normalized spacial score (nSPS) is 15.5. The predicted molar refractivity (Wildman–Crippen MR) is 133 cm³/mol. The zero-order valence-corrected chi connectivity index (χ0v) is 20.5. The molecule has 5 rings (SSSR count). The van der Waals surface area contributed by atoms with Crippen LogP contribution in [-0.4, -0.2) is 36.6 Å². The van der Waals surface area contributed by atoms with Gasteiger partial charge in [0.2, 0.25) is 5.82 Å². The first-order valence-corrected chi connectivity index (χ1v) is 13.2. The van der Waals surface area contributed by atoms with Gasteiger partial charge in [-0.2, -0.15) is 0 Å². The second-order valence-corrected chi connectivity index (χ2v) is 10.3. The lowest BCUT2D eigenvalue weighted by Gasteiger charge is -2.31. The highest BCUT2D eigenvalue weighted by Crippen LogP contribution is 2.38. The van der Waals surface area contributed by atoms with E-state index in [2.05, 4.69) is 19.7 Å². The van der Waals surface area contributed by atoms with Gasteiger partial charge in [0.1, 0.15) is 16.8 Å². The van der Waals surface area contributed by atoms with Gasteiger partial charge in [-0.15, -0.1) is 0 Å². The average Bonchev–Trinajstić information content (AvgIpc) is 2.88. The molecule has 2 aromatic carbocycles. The fourth-order valence-electron chi connectivity index (χ4n) is 4.13. The Morgan fingerprint density at radius 3 is 2.44 bits per heavy atom. The highest BCUT2D eigenvalue weighted by Gasteiger charge is 2.32. The molecule has 1 unspecified atom stereocenters. The Kier molecular flexibility index (Phi) is 6.99. The number of pyridine rings is 1. The number of fused-ring (bicyclic) bond motifs is 1. The molecular weight excluding hydrogens is 507 g/mol. The van der Waals surface area contributed by atoms with Crippen molar-refractivity contribution in [3.63, 3.8) is 0 Å². The van der Waals surface area contributed by atoms with E-state index in [1.807, 2.05) is 0 Å². The van der Waals surface area contributed by atoms with Crippen molar-refractivity contribution in [1.29, 1.82) is 0 Å². The van der Waals surface area contributed by atoms with Crippen LogP contribution in [0.3, 0.4) is 0 Å². The van der Waals surface area contributed by atoms with E-state index in [4.69, 9.17) is 21.1 Å². The third-order valence-corrected chi connectivity index (χ3v) is 7.77. The van der Waals surface area contributed by atoms with Gasteiger partial charge in [0.25, 0.3) is 15.9 Å². The summed E-state index contributed by atoms with van der Waals surface area (Å²) < 4.78 is 55.6. The van der Waals surface area contributed by atoms with Gasteiger partial charge in [-0.1, -0.05) is 35.9 Å². The summed E-state index contributed by atoms with van der Waals surface area (Å²) in [5, 5.41) is 0.0544. The van der Waals surface area contributed by atoms with E-state index in [1.165, 1.54) is 30.6 Å². The first-order chi connectivity index (χ1) is 17.4. The van der Waals surface area contributed by atoms with Gasteiger partial charge in [0.05, 0.1) is 16.1 Å². The number of nitrogens with zero attached hydrogens (tertiary/aromatic N) is 3. The molecule has 0 saturated carbocycles. The van der Waals surface area contributed by atoms with Crippen molar-refractivity contribution in [3.8, 4) is 5.88 Å². The quantitative estimate of drug-likeness (QED) is 0.353. The summed E-state index contributed by atoms with van der Waals surface area (Å²) in [6, 6.07) is 14.3. The molecular formula is C25H22ClFN4O4S. The Balaban J connectivity index is 1.60. The maximum absolute atomic E-state index is 14.9. The Morgan fingerprint density at radius 1 is 1.03 bits per heavy atom. The molecule has 1 aliphatic rings. The summed E-state index contributed by atoms with van der Waals surface area (Å²) in [5.41, 5.74) is 1.20. The van der Waals surface area contributed by atoms with E-state index in [0.29, 0.717) is 37.1 Å². The molecule has 186 valence electrons. The van der Waals surface area contributed by atoms with Crippen LogP contribution in [0.25, 0.3) is 11.0 Å². The smallest absolute Gasteiger partial charge is 0.264 e. The zero-order chi connectivity index (χ0) is 25.1. The number of nitrogens with one attached hydrogen (secondary N) is 1. The first kappa shape index (κ1) is 24.4. The third-order valence-electron chi connectivity index (χ3n) is 5.93. The molecule has 2 aromatic heterocycles. The van der Waals surface area contributed by atoms with Crippen molar-refractivity contribution in [1.82, 2.24) is 15.0 Å². The van der Waals surface area contributed by atoms with Gasteiger partial charge in [-0.25, -0.2) is 22.8 Å². The van der Waals surface area contributed by atoms with Crippen LogP contribution in [0.1, 0.15) is 24.5 Å².